The predicted molar refractivity (Wildman–Crippen MR) is 101 cm³/mol. The van der Waals surface area contributed by atoms with Gasteiger partial charge in [0, 0.05) is 29.4 Å². The zero-order valence-corrected chi connectivity index (χ0v) is 14.7. The van der Waals surface area contributed by atoms with E-state index in [1.807, 2.05) is 48.7 Å². The molecule has 1 amide bonds. The van der Waals surface area contributed by atoms with Crippen LogP contribution in [0.5, 0.6) is 0 Å². The number of nitrogens with zero attached hydrogens (tertiary/aromatic N) is 4. The van der Waals surface area contributed by atoms with Gasteiger partial charge in [-0.05, 0) is 50.1 Å². The van der Waals surface area contributed by atoms with E-state index in [0.29, 0.717) is 18.5 Å². The van der Waals surface area contributed by atoms with E-state index in [1.165, 1.54) is 0 Å². The van der Waals surface area contributed by atoms with Gasteiger partial charge in [0.2, 0.25) is 5.91 Å². The zero-order valence-electron chi connectivity index (χ0n) is 14.7. The summed E-state index contributed by atoms with van der Waals surface area (Å²) >= 11 is 0. The maximum Gasteiger partial charge on any atom is 0.224 e. The lowest BCUT2D eigenvalue weighted by Crippen LogP contribution is -2.14. The van der Waals surface area contributed by atoms with Crippen molar-refractivity contribution in [3.8, 4) is 0 Å². The minimum absolute atomic E-state index is 0.0393. The average Bonchev–Trinajstić information content (AvgIpc) is 3.01. The number of hydrogen-bond donors (Lipinski definition) is 1. The van der Waals surface area contributed by atoms with Crippen molar-refractivity contribution in [1.29, 1.82) is 0 Å². The highest BCUT2D eigenvalue weighted by atomic mass is 16.1. The van der Waals surface area contributed by atoms with Crippen molar-refractivity contribution >= 4 is 28.1 Å². The number of aromatic nitrogens is 4. The van der Waals surface area contributed by atoms with Gasteiger partial charge in [0.05, 0.1) is 17.4 Å². The third-order valence-electron chi connectivity index (χ3n) is 4.57. The largest absolute Gasteiger partial charge is 0.325 e. The molecule has 6 heteroatoms. The number of rotatable bonds is 4. The number of pyridine rings is 1. The van der Waals surface area contributed by atoms with Gasteiger partial charge in [0.15, 0.2) is 5.65 Å². The number of aryl methyl sites for hydroxylation is 2. The highest BCUT2D eigenvalue weighted by Crippen LogP contribution is 2.23. The first kappa shape index (κ1) is 16.2. The standard InChI is InChI=1S/C20H19N5O/c1-13-16(9-10-19(26)23-15-6-5-11-21-12-15)14(2)25-20(22-13)17-7-3-4-8-18(17)24-25/h3-8,11-12H,9-10H2,1-2H3,(H,23,26). The molecule has 1 N–H and O–H groups in total. The third-order valence-corrected chi connectivity index (χ3v) is 4.57. The topological polar surface area (TPSA) is 72.2 Å². The maximum absolute atomic E-state index is 12.2. The lowest BCUT2D eigenvalue weighted by Gasteiger charge is -2.11. The number of hydrogen-bond acceptors (Lipinski definition) is 4. The summed E-state index contributed by atoms with van der Waals surface area (Å²) in [4.78, 5) is 21.0. The van der Waals surface area contributed by atoms with Gasteiger partial charge < -0.3 is 5.32 Å². The van der Waals surface area contributed by atoms with Crippen LogP contribution in [0, 0.1) is 13.8 Å². The van der Waals surface area contributed by atoms with E-state index < -0.39 is 0 Å². The summed E-state index contributed by atoms with van der Waals surface area (Å²) in [5.74, 6) is -0.0393. The van der Waals surface area contributed by atoms with Gasteiger partial charge in [0.25, 0.3) is 0 Å². The van der Waals surface area contributed by atoms with Crippen molar-refractivity contribution in [3.63, 3.8) is 0 Å². The van der Waals surface area contributed by atoms with Crippen molar-refractivity contribution < 1.29 is 4.79 Å². The molecule has 0 saturated carbocycles. The van der Waals surface area contributed by atoms with Crippen LogP contribution in [0.1, 0.15) is 23.4 Å². The van der Waals surface area contributed by atoms with E-state index in [2.05, 4.69) is 15.4 Å². The Morgan fingerprint density at radius 2 is 2.00 bits per heavy atom. The normalized spacial score (nSPS) is 11.2. The van der Waals surface area contributed by atoms with Crippen LogP contribution in [0.2, 0.25) is 0 Å². The van der Waals surface area contributed by atoms with Crippen molar-refractivity contribution in [2.75, 3.05) is 5.32 Å². The van der Waals surface area contributed by atoms with E-state index in [9.17, 15) is 4.79 Å². The summed E-state index contributed by atoms with van der Waals surface area (Å²) in [5.41, 5.74) is 5.52. The fourth-order valence-electron chi connectivity index (χ4n) is 3.24. The Bertz CT molecular complexity index is 1100. The molecule has 0 saturated heterocycles. The quantitative estimate of drug-likeness (QED) is 0.615. The molecule has 0 bridgehead atoms. The minimum atomic E-state index is -0.0393. The lowest BCUT2D eigenvalue weighted by atomic mass is 10.1. The Kier molecular flexibility index (Phi) is 4.08. The molecule has 0 aliphatic carbocycles. The molecular formula is C20H19N5O. The van der Waals surface area contributed by atoms with Crippen molar-refractivity contribution in [2.45, 2.75) is 26.7 Å². The third kappa shape index (κ3) is 2.90. The van der Waals surface area contributed by atoms with Gasteiger partial charge in [-0.25, -0.2) is 9.50 Å². The Morgan fingerprint density at radius 1 is 1.15 bits per heavy atom. The van der Waals surface area contributed by atoms with Gasteiger partial charge in [-0.3, -0.25) is 9.78 Å². The van der Waals surface area contributed by atoms with E-state index in [4.69, 9.17) is 4.98 Å². The SMILES string of the molecule is Cc1nc2c3ccccc3nn2c(C)c1CCC(=O)Nc1cccnc1. The molecule has 0 spiro atoms. The molecule has 0 atom stereocenters. The Labute approximate surface area is 150 Å². The van der Waals surface area contributed by atoms with Crippen LogP contribution >= 0.6 is 0 Å². The molecular weight excluding hydrogens is 326 g/mol. The van der Waals surface area contributed by atoms with Crippen molar-refractivity contribution in [2.24, 2.45) is 0 Å². The smallest absolute Gasteiger partial charge is 0.224 e. The van der Waals surface area contributed by atoms with Gasteiger partial charge in [-0.15, -0.1) is 0 Å². The van der Waals surface area contributed by atoms with Crippen molar-refractivity contribution in [1.82, 2.24) is 19.6 Å². The zero-order chi connectivity index (χ0) is 18.1. The highest BCUT2D eigenvalue weighted by Gasteiger charge is 2.15. The van der Waals surface area contributed by atoms with Gasteiger partial charge in [0.1, 0.15) is 0 Å². The molecule has 3 aromatic heterocycles. The number of nitrogens with one attached hydrogen (secondary N) is 1. The Morgan fingerprint density at radius 3 is 2.81 bits per heavy atom. The summed E-state index contributed by atoms with van der Waals surface area (Å²) in [6.45, 7) is 4.02. The van der Waals surface area contributed by atoms with E-state index in [1.54, 1.807) is 18.5 Å². The summed E-state index contributed by atoms with van der Waals surface area (Å²) in [6.07, 6.45) is 4.31. The predicted octanol–water partition coefficient (Wildman–Crippen LogP) is 3.47. The first-order chi connectivity index (χ1) is 12.6. The first-order valence-corrected chi connectivity index (χ1v) is 8.57. The molecule has 0 fully saturated rings. The van der Waals surface area contributed by atoms with Crippen LogP contribution in [0.25, 0.3) is 16.6 Å². The number of carbonyl (C=O) groups is 1. The van der Waals surface area contributed by atoms with Crippen LogP contribution < -0.4 is 5.32 Å². The minimum Gasteiger partial charge on any atom is -0.325 e. The first-order valence-electron chi connectivity index (χ1n) is 8.57. The molecule has 0 aliphatic heterocycles. The Balaban J connectivity index is 1.60. The summed E-state index contributed by atoms with van der Waals surface area (Å²) < 4.78 is 1.88. The number of benzene rings is 1. The van der Waals surface area contributed by atoms with Crippen LogP contribution in [0.3, 0.4) is 0 Å². The van der Waals surface area contributed by atoms with Gasteiger partial charge >= 0.3 is 0 Å². The second-order valence-corrected chi connectivity index (χ2v) is 6.30. The second kappa shape index (κ2) is 6.55. The molecule has 4 rings (SSSR count). The average molecular weight is 345 g/mol. The van der Waals surface area contributed by atoms with Crippen molar-refractivity contribution in [3.05, 3.63) is 65.7 Å². The molecule has 0 unspecified atom stereocenters. The number of fused-ring (bicyclic) bond motifs is 3. The summed E-state index contributed by atoms with van der Waals surface area (Å²) in [5, 5.41) is 8.56. The fraction of sp³-hybridized carbons (Fsp3) is 0.200. The number of anilines is 1. The summed E-state index contributed by atoms with van der Waals surface area (Å²) in [7, 11) is 0. The van der Waals surface area contributed by atoms with E-state index in [-0.39, 0.29) is 5.91 Å². The second-order valence-electron chi connectivity index (χ2n) is 6.30. The van der Waals surface area contributed by atoms with Crippen LogP contribution in [-0.2, 0) is 11.2 Å². The molecule has 130 valence electrons. The van der Waals surface area contributed by atoms with Gasteiger partial charge in [-0.2, -0.15) is 5.10 Å². The maximum atomic E-state index is 12.2. The fourth-order valence-corrected chi connectivity index (χ4v) is 3.24. The molecule has 6 nitrogen and oxygen atoms in total. The van der Waals surface area contributed by atoms with Crippen LogP contribution in [0.4, 0.5) is 5.69 Å². The van der Waals surface area contributed by atoms with Crippen LogP contribution in [-0.4, -0.2) is 25.5 Å². The number of carbonyl (C=O) groups excluding carboxylic acids is 1. The van der Waals surface area contributed by atoms with E-state index >= 15 is 0 Å². The monoisotopic (exact) mass is 345 g/mol. The highest BCUT2D eigenvalue weighted by molar-refractivity contribution is 5.92. The molecule has 26 heavy (non-hydrogen) atoms. The molecule has 0 radical (unpaired) electrons. The van der Waals surface area contributed by atoms with Gasteiger partial charge in [-0.1, -0.05) is 12.1 Å². The summed E-state index contributed by atoms with van der Waals surface area (Å²) in [6, 6.07) is 11.6. The molecule has 4 aromatic rings. The van der Waals surface area contributed by atoms with E-state index in [0.717, 1.165) is 33.5 Å². The molecule has 1 aromatic carbocycles. The lowest BCUT2D eigenvalue weighted by molar-refractivity contribution is -0.116. The molecule has 0 aliphatic rings. The Hall–Kier alpha value is -3.28. The molecule has 3 heterocycles. The van der Waals surface area contributed by atoms with Crippen LogP contribution in [0.15, 0.2) is 48.8 Å². The number of amides is 1.